The molecular weight excluding hydrogens is 248 g/mol. The molecule has 1 aromatic rings. The molecule has 2 amide bonds. The highest BCUT2D eigenvalue weighted by Crippen LogP contribution is 2.06. The van der Waals surface area contributed by atoms with E-state index in [0.717, 1.165) is 6.42 Å². The number of hydrogen-bond acceptors (Lipinski definition) is 3. The second kappa shape index (κ2) is 6.21. The summed E-state index contributed by atoms with van der Waals surface area (Å²) < 4.78 is 0. The van der Waals surface area contributed by atoms with Gasteiger partial charge in [-0.1, -0.05) is 6.92 Å². The minimum absolute atomic E-state index is 0.162. The second-order valence-electron chi connectivity index (χ2n) is 5.01. The first-order valence-electron chi connectivity index (χ1n) is 6.13. The summed E-state index contributed by atoms with van der Waals surface area (Å²) >= 11 is 0. The smallest absolute Gasteiger partial charge is 0.326 e. The highest BCUT2D eigenvalue weighted by atomic mass is 16.4. The second-order valence-corrected chi connectivity index (χ2v) is 5.01. The molecule has 7 heteroatoms. The van der Waals surface area contributed by atoms with Crippen LogP contribution in [-0.4, -0.2) is 38.7 Å². The number of carbonyl (C=O) groups is 2. The first-order valence-corrected chi connectivity index (χ1v) is 6.13. The number of carboxylic acids is 1. The van der Waals surface area contributed by atoms with Crippen LogP contribution in [0.2, 0.25) is 0 Å². The van der Waals surface area contributed by atoms with Crippen LogP contribution >= 0.6 is 0 Å². The van der Waals surface area contributed by atoms with E-state index in [0.29, 0.717) is 5.69 Å². The summed E-state index contributed by atoms with van der Waals surface area (Å²) in [5.74, 6) is -1.08. The predicted octanol–water partition coefficient (Wildman–Crippen LogP) is 0.893. The molecule has 0 spiro atoms. The zero-order chi connectivity index (χ0) is 14.5. The maximum absolute atomic E-state index is 11.7. The number of aromatic amines is 1. The lowest BCUT2D eigenvalue weighted by Gasteiger charge is -2.25. The largest absolute Gasteiger partial charge is 0.480 e. The number of rotatable bonds is 6. The lowest BCUT2D eigenvalue weighted by molar-refractivity contribution is -0.139. The van der Waals surface area contributed by atoms with E-state index in [1.165, 1.54) is 12.5 Å². The van der Waals surface area contributed by atoms with E-state index in [2.05, 4.69) is 20.6 Å². The van der Waals surface area contributed by atoms with Crippen molar-refractivity contribution in [1.29, 1.82) is 0 Å². The van der Waals surface area contributed by atoms with Gasteiger partial charge in [0.1, 0.15) is 6.04 Å². The van der Waals surface area contributed by atoms with Crippen molar-refractivity contribution in [2.24, 2.45) is 0 Å². The monoisotopic (exact) mass is 268 g/mol. The molecule has 0 saturated carbocycles. The standard InChI is InChI=1S/C12H20N4O3/c1-4-12(2,3)16-11(19)15-9(10(17)18)5-8-6-13-7-14-8/h6-7,9H,4-5H2,1-3H3,(H,13,14)(H,17,18)(H2,15,16,19). The Bertz CT molecular complexity index is 428. The summed E-state index contributed by atoms with van der Waals surface area (Å²) in [4.78, 5) is 29.5. The van der Waals surface area contributed by atoms with Gasteiger partial charge in [0.05, 0.1) is 6.33 Å². The van der Waals surface area contributed by atoms with Crippen LogP contribution in [0.15, 0.2) is 12.5 Å². The molecule has 1 heterocycles. The molecule has 1 rings (SSSR count). The highest BCUT2D eigenvalue weighted by molar-refractivity contribution is 5.83. The third-order valence-corrected chi connectivity index (χ3v) is 2.92. The van der Waals surface area contributed by atoms with Gasteiger partial charge in [-0.05, 0) is 20.3 Å². The van der Waals surface area contributed by atoms with Crippen LogP contribution in [0.5, 0.6) is 0 Å². The van der Waals surface area contributed by atoms with E-state index in [-0.39, 0.29) is 12.0 Å². The van der Waals surface area contributed by atoms with Gasteiger partial charge < -0.3 is 20.7 Å². The Balaban J connectivity index is 2.59. The van der Waals surface area contributed by atoms with E-state index in [1.54, 1.807) is 0 Å². The molecule has 1 atom stereocenters. The van der Waals surface area contributed by atoms with Crippen molar-refractivity contribution in [2.45, 2.75) is 45.2 Å². The molecule has 0 aromatic carbocycles. The Labute approximate surface area is 111 Å². The van der Waals surface area contributed by atoms with Crippen LogP contribution < -0.4 is 10.6 Å². The molecule has 0 aliphatic heterocycles. The van der Waals surface area contributed by atoms with Crippen LogP contribution in [0.25, 0.3) is 0 Å². The lowest BCUT2D eigenvalue weighted by Crippen LogP contribution is -2.53. The maximum atomic E-state index is 11.7. The van der Waals surface area contributed by atoms with Crippen molar-refractivity contribution >= 4 is 12.0 Å². The number of urea groups is 1. The Hall–Kier alpha value is -2.05. The Morgan fingerprint density at radius 1 is 1.53 bits per heavy atom. The predicted molar refractivity (Wildman–Crippen MR) is 69.8 cm³/mol. The van der Waals surface area contributed by atoms with Crippen molar-refractivity contribution in [3.8, 4) is 0 Å². The number of nitrogens with one attached hydrogen (secondary N) is 3. The van der Waals surface area contributed by atoms with Crippen LogP contribution in [-0.2, 0) is 11.2 Å². The van der Waals surface area contributed by atoms with Crippen molar-refractivity contribution in [3.63, 3.8) is 0 Å². The quantitative estimate of drug-likeness (QED) is 0.614. The zero-order valence-electron chi connectivity index (χ0n) is 11.4. The third-order valence-electron chi connectivity index (χ3n) is 2.92. The molecule has 0 saturated heterocycles. The van der Waals surface area contributed by atoms with Crippen LogP contribution in [0.3, 0.4) is 0 Å². The van der Waals surface area contributed by atoms with E-state index < -0.39 is 18.0 Å². The Morgan fingerprint density at radius 3 is 2.68 bits per heavy atom. The van der Waals surface area contributed by atoms with E-state index in [4.69, 9.17) is 5.11 Å². The highest BCUT2D eigenvalue weighted by Gasteiger charge is 2.24. The van der Waals surface area contributed by atoms with Gasteiger partial charge in [-0.25, -0.2) is 14.6 Å². The van der Waals surface area contributed by atoms with Crippen LogP contribution in [0.4, 0.5) is 4.79 Å². The minimum Gasteiger partial charge on any atom is -0.480 e. The molecule has 1 unspecified atom stereocenters. The average molecular weight is 268 g/mol. The van der Waals surface area contributed by atoms with Crippen molar-refractivity contribution < 1.29 is 14.7 Å². The summed E-state index contributed by atoms with van der Waals surface area (Å²) in [6.45, 7) is 5.69. The van der Waals surface area contributed by atoms with Gasteiger partial charge >= 0.3 is 12.0 Å². The van der Waals surface area contributed by atoms with Crippen LogP contribution in [0, 0.1) is 0 Å². The summed E-state index contributed by atoms with van der Waals surface area (Å²) in [5, 5.41) is 14.3. The van der Waals surface area contributed by atoms with Crippen molar-refractivity contribution in [2.75, 3.05) is 0 Å². The molecule has 7 nitrogen and oxygen atoms in total. The molecule has 0 aliphatic rings. The first kappa shape index (κ1) is 15.0. The molecule has 106 valence electrons. The Morgan fingerprint density at radius 2 is 2.21 bits per heavy atom. The van der Waals surface area contributed by atoms with E-state index >= 15 is 0 Å². The third kappa shape index (κ3) is 4.99. The van der Waals surface area contributed by atoms with E-state index in [9.17, 15) is 9.59 Å². The number of H-pyrrole nitrogens is 1. The number of amides is 2. The van der Waals surface area contributed by atoms with Crippen LogP contribution in [0.1, 0.15) is 32.9 Å². The number of imidazole rings is 1. The summed E-state index contributed by atoms with van der Waals surface area (Å²) in [5.41, 5.74) is 0.281. The van der Waals surface area contributed by atoms with Crippen molar-refractivity contribution in [1.82, 2.24) is 20.6 Å². The molecule has 0 bridgehead atoms. The number of carboxylic acid groups (broad SMARTS) is 1. The number of aromatic nitrogens is 2. The fourth-order valence-electron chi connectivity index (χ4n) is 1.41. The molecule has 0 aliphatic carbocycles. The average Bonchev–Trinajstić information content (AvgIpc) is 2.80. The fraction of sp³-hybridized carbons (Fsp3) is 0.583. The Kier molecular flexibility index (Phi) is 4.91. The maximum Gasteiger partial charge on any atom is 0.326 e. The number of carbonyl (C=O) groups excluding carboxylic acids is 1. The topological polar surface area (TPSA) is 107 Å². The summed E-state index contributed by atoms with van der Waals surface area (Å²) in [6, 6.07) is -1.48. The van der Waals surface area contributed by atoms with Gasteiger partial charge in [-0.3, -0.25) is 0 Å². The van der Waals surface area contributed by atoms with Gasteiger partial charge in [0, 0.05) is 23.9 Å². The molecule has 4 N–H and O–H groups in total. The van der Waals surface area contributed by atoms with Gasteiger partial charge in [0.25, 0.3) is 0 Å². The summed E-state index contributed by atoms with van der Waals surface area (Å²) in [6.07, 6.45) is 3.91. The molecule has 0 fully saturated rings. The lowest BCUT2D eigenvalue weighted by atomic mass is 10.0. The fourth-order valence-corrected chi connectivity index (χ4v) is 1.41. The number of nitrogens with zero attached hydrogens (tertiary/aromatic N) is 1. The van der Waals surface area contributed by atoms with E-state index in [1.807, 2.05) is 20.8 Å². The van der Waals surface area contributed by atoms with Gasteiger partial charge in [-0.15, -0.1) is 0 Å². The SMILES string of the molecule is CCC(C)(C)NC(=O)NC(Cc1cnc[nH]1)C(=O)O. The molecule has 0 radical (unpaired) electrons. The number of hydrogen-bond donors (Lipinski definition) is 4. The molecule has 19 heavy (non-hydrogen) atoms. The normalized spacial score (nSPS) is 12.8. The minimum atomic E-state index is -1.08. The first-order chi connectivity index (χ1) is 8.84. The van der Waals surface area contributed by atoms with Crippen molar-refractivity contribution in [3.05, 3.63) is 18.2 Å². The van der Waals surface area contributed by atoms with Gasteiger partial charge in [0.2, 0.25) is 0 Å². The zero-order valence-corrected chi connectivity index (χ0v) is 11.4. The van der Waals surface area contributed by atoms with Gasteiger partial charge in [-0.2, -0.15) is 0 Å². The molecular formula is C12H20N4O3. The molecule has 1 aromatic heterocycles. The van der Waals surface area contributed by atoms with Gasteiger partial charge in [0.15, 0.2) is 0 Å². The summed E-state index contributed by atoms with van der Waals surface area (Å²) in [7, 11) is 0. The number of aliphatic carboxylic acids is 1.